The molecular formula is C20H19ClO4. The molecule has 25 heavy (non-hydrogen) atoms. The van der Waals surface area contributed by atoms with Crippen LogP contribution in [0.2, 0.25) is 5.02 Å². The van der Waals surface area contributed by atoms with E-state index >= 15 is 0 Å². The van der Waals surface area contributed by atoms with Crippen molar-refractivity contribution in [3.63, 3.8) is 0 Å². The van der Waals surface area contributed by atoms with E-state index in [0.717, 1.165) is 16.7 Å². The minimum atomic E-state index is -0.995. The molecule has 0 amide bonds. The summed E-state index contributed by atoms with van der Waals surface area (Å²) in [5.41, 5.74) is 2.61. The zero-order valence-electron chi connectivity index (χ0n) is 14.1. The number of hydrogen-bond acceptors (Lipinski definition) is 4. The molecule has 2 aromatic carbocycles. The third-order valence-electron chi connectivity index (χ3n) is 3.80. The van der Waals surface area contributed by atoms with Gasteiger partial charge in [-0.05, 0) is 29.2 Å². The predicted molar refractivity (Wildman–Crippen MR) is 98.0 cm³/mol. The highest BCUT2D eigenvalue weighted by Gasteiger charge is 2.29. The van der Waals surface area contributed by atoms with E-state index in [1.165, 1.54) is 14.2 Å². The Morgan fingerprint density at radius 3 is 2.04 bits per heavy atom. The smallest absolute Gasteiger partial charge is 0.320 e. The van der Waals surface area contributed by atoms with E-state index in [4.69, 9.17) is 21.1 Å². The second kappa shape index (κ2) is 9.04. The summed E-state index contributed by atoms with van der Waals surface area (Å²) in [6.45, 7) is 0. The minimum absolute atomic E-state index is 0.197. The van der Waals surface area contributed by atoms with E-state index in [2.05, 4.69) is 0 Å². The molecule has 0 heterocycles. The molecule has 0 aliphatic heterocycles. The summed E-state index contributed by atoms with van der Waals surface area (Å²) in [6, 6.07) is 15.0. The lowest BCUT2D eigenvalue weighted by Gasteiger charge is -2.14. The number of rotatable bonds is 6. The van der Waals surface area contributed by atoms with Gasteiger partial charge in [0.2, 0.25) is 0 Å². The fraction of sp³-hybridized carbons (Fsp3) is 0.200. The first-order valence-electron chi connectivity index (χ1n) is 7.73. The monoisotopic (exact) mass is 358 g/mol. The van der Waals surface area contributed by atoms with Crippen LogP contribution >= 0.6 is 11.6 Å². The van der Waals surface area contributed by atoms with Gasteiger partial charge in [-0.3, -0.25) is 9.59 Å². The standard InChI is InChI=1S/C20H19ClO4/c1-24-19(22)17(20(23)25-2)13-16-9-4-3-7-14(16)11-12-15-8-5-6-10-18(15)21/h3-12,17H,13H2,1-2H3/b12-11+. The molecule has 0 aliphatic carbocycles. The zero-order valence-corrected chi connectivity index (χ0v) is 14.8. The summed E-state index contributed by atoms with van der Waals surface area (Å²) < 4.78 is 9.43. The molecule has 0 bridgehead atoms. The predicted octanol–water partition coefficient (Wildman–Crippen LogP) is 4.02. The van der Waals surface area contributed by atoms with Gasteiger partial charge in [0.15, 0.2) is 5.92 Å². The summed E-state index contributed by atoms with van der Waals surface area (Å²) in [5, 5.41) is 0.651. The van der Waals surface area contributed by atoms with E-state index < -0.39 is 17.9 Å². The molecule has 0 aromatic heterocycles. The Morgan fingerprint density at radius 2 is 1.44 bits per heavy atom. The number of carbonyl (C=O) groups excluding carboxylic acids is 2. The van der Waals surface area contributed by atoms with E-state index in [0.29, 0.717) is 5.02 Å². The topological polar surface area (TPSA) is 52.6 Å². The maximum absolute atomic E-state index is 11.9. The molecule has 0 unspecified atom stereocenters. The van der Waals surface area contributed by atoms with Gasteiger partial charge in [-0.2, -0.15) is 0 Å². The third-order valence-corrected chi connectivity index (χ3v) is 4.14. The molecule has 2 aromatic rings. The van der Waals surface area contributed by atoms with Crippen molar-refractivity contribution >= 4 is 35.7 Å². The van der Waals surface area contributed by atoms with Crippen molar-refractivity contribution in [2.24, 2.45) is 5.92 Å². The molecule has 0 fully saturated rings. The van der Waals surface area contributed by atoms with Crippen LogP contribution in [0.4, 0.5) is 0 Å². The molecule has 0 saturated carbocycles. The highest BCUT2D eigenvalue weighted by Crippen LogP contribution is 2.21. The van der Waals surface area contributed by atoms with Crippen LogP contribution in [0, 0.1) is 5.92 Å². The van der Waals surface area contributed by atoms with E-state index in [-0.39, 0.29) is 6.42 Å². The quantitative estimate of drug-likeness (QED) is 0.444. The van der Waals surface area contributed by atoms with Gasteiger partial charge in [-0.15, -0.1) is 0 Å². The first-order valence-corrected chi connectivity index (χ1v) is 8.10. The van der Waals surface area contributed by atoms with E-state index in [1.54, 1.807) is 0 Å². The number of methoxy groups -OCH3 is 2. The van der Waals surface area contributed by atoms with Gasteiger partial charge < -0.3 is 9.47 Å². The van der Waals surface area contributed by atoms with Crippen LogP contribution in [0.25, 0.3) is 12.2 Å². The number of benzene rings is 2. The van der Waals surface area contributed by atoms with Gasteiger partial charge in [0.1, 0.15) is 0 Å². The van der Waals surface area contributed by atoms with E-state index in [1.807, 2.05) is 60.7 Å². The van der Waals surface area contributed by atoms with Crippen LogP contribution in [-0.2, 0) is 25.5 Å². The molecule has 5 heteroatoms. The lowest BCUT2D eigenvalue weighted by molar-refractivity contribution is -0.158. The number of ether oxygens (including phenoxy) is 2. The molecule has 0 aliphatic rings. The Bertz CT molecular complexity index is 767. The highest BCUT2D eigenvalue weighted by molar-refractivity contribution is 6.32. The van der Waals surface area contributed by atoms with Crippen molar-refractivity contribution in [1.29, 1.82) is 0 Å². The molecule has 0 atom stereocenters. The molecule has 0 radical (unpaired) electrons. The molecular weight excluding hydrogens is 340 g/mol. The summed E-state index contributed by atoms with van der Waals surface area (Å²) in [4.78, 5) is 23.8. The normalized spacial score (nSPS) is 10.9. The van der Waals surface area contributed by atoms with Crippen LogP contribution < -0.4 is 0 Å². The van der Waals surface area contributed by atoms with Crippen molar-refractivity contribution in [2.75, 3.05) is 14.2 Å². The fourth-order valence-electron chi connectivity index (χ4n) is 2.44. The van der Waals surface area contributed by atoms with Gasteiger partial charge in [0, 0.05) is 5.02 Å². The SMILES string of the molecule is COC(=O)C(Cc1ccccc1/C=C/c1ccccc1Cl)C(=O)OC. The van der Waals surface area contributed by atoms with Gasteiger partial charge in [-0.25, -0.2) is 0 Å². The first kappa shape index (κ1) is 18.7. The third kappa shape index (κ3) is 4.94. The molecule has 0 N–H and O–H groups in total. The lowest BCUT2D eigenvalue weighted by atomic mass is 9.95. The second-order valence-electron chi connectivity index (χ2n) is 5.36. The van der Waals surface area contributed by atoms with Crippen molar-refractivity contribution in [1.82, 2.24) is 0 Å². The first-order chi connectivity index (χ1) is 12.1. The van der Waals surface area contributed by atoms with Crippen LogP contribution in [0.5, 0.6) is 0 Å². The molecule has 130 valence electrons. The molecule has 2 rings (SSSR count). The highest BCUT2D eigenvalue weighted by atomic mass is 35.5. The number of halogens is 1. The van der Waals surface area contributed by atoms with Crippen molar-refractivity contribution in [3.05, 3.63) is 70.2 Å². The summed E-state index contributed by atoms with van der Waals surface area (Å²) in [6.07, 6.45) is 4.00. The van der Waals surface area contributed by atoms with Crippen LogP contribution in [0.3, 0.4) is 0 Å². The van der Waals surface area contributed by atoms with Crippen molar-refractivity contribution in [2.45, 2.75) is 6.42 Å². The van der Waals surface area contributed by atoms with Gasteiger partial charge in [0.25, 0.3) is 0 Å². The Labute approximate surface area is 152 Å². The van der Waals surface area contributed by atoms with Gasteiger partial charge in [0.05, 0.1) is 14.2 Å². The largest absolute Gasteiger partial charge is 0.468 e. The minimum Gasteiger partial charge on any atom is -0.468 e. The van der Waals surface area contributed by atoms with Crippen molar-refractivity contribution in [3.8, 4) is 0 Å². The average Bonchev–Trinajstić information content (AvgIpc) is 2.65. The summed E-state index contributed by atoms with van der Waals surface area (Å²) in [5.74, 6) is -2.22. The maximum Gasteiger partial charge on any atom is 0.320 e. The number of hydrogen-bond donors (Lipinski definition) is 0. The average molecular weight is 359 g/mol. The Hall–Kier alpha value is -2.59. The van der Waals surface area contributed by atoms with Crippen LogP contribution in [0.1, 0.15) is 16.7 Å². The lowest BCUT2D eigenvalue weighted by Crippen LogP contribution is -2.28. The summed E-state index contributed by atoms with van der Waals surface area (Å²) >= 11 is 6.16. The fourth-order valence-corrected chi connectivity index (χ4v) is 2.64. The van der Waals surface area contributed by atoms with Gasteiger partial charge in [-0.1, -0.05) is 66.2 Å². The van der Waals surface area contributed by atoms with Gasteiger partial charge >= 0.3 is 11.9 Å². The number of carbonyl (C=O) groups is 2. The Kier molecular flexibility index (Phi) is 6.78. The Balaban J connectivity index is 2.29. The number of esters is 2. The zero-order chi connectivity index (χ0) is 18.2. The molecule has 4 nitrogen and oxygen atoms in total. The van der Waals surface area contributed by atoms with Crippen molar-refractivity contribution < 1.29 is 19.1 Å². The second-order valence-corrected chi connectivity index (χ2v) is 5.76. The van der Waals surface area contributed by atoms with E-state index in [9.17, 15) is 9.59 Å². The van der Waals surface area contributed by atoms with Crippen LogP contribution in [-0.4, -0.2) is 26.2 Å². The summed E-state index contributed by atoms with van der Waals surface area (Å²) in [7, 11) is 2.50. The Morgan fingerprint density at radius 1 is 0.920 bits per heavy atom. The maximum atomic E-state index is 11.9. The van der Waals surface area contributed by atoms with Crippen LogP contribution in [0.15, 0.2) is 48.5 Å². The molecule has 0 spiro atoms. The molecule has 0 saturated heterocycles.